The number of carbonyl (C=O) groups excluding carboxylic acids is 2. The largest absolute Gasteiger partial charge is 0.508 e. The molecule has 2 aliphatic heterocycles. The molecule has 2 aromatic rings. The minimum absolute atomic E-state index is 0.0888. The molecule has 7 heteroatoms. The number of carbonyl (C=O) groups is 2. The van der Waals surface area contributed by atoms with Gasteiger partial charge in [0, 0.05) is 6.54 Å². The molecule has 0 saturated heterocycles. The van der Waals surface area contributed by atoms with E-state index in [-0.39, 0.29) is 17.7 Å². The zero-order chi connectivity index (χ0) is 19.7. The number of phenols is 1. The van der Waals surface area contributed by atoms with Crippen molar-refractivity contribution >= 4 is 11.9 Å². The molecule has 0 spiro atoms. The summed E-state index contributed by atoms with van der Waals surface area (Å²) < 4.78 is 5.17. The summed E-state index contributed by atoms with van der Waals surface area (Å²) in [6.07, 6.45) is 0.710. The summed E-state index contributed by atoms with van der Waals surface area (Å²) in [5.74, 6) is 0.842. The average Bonchev–Trinajstić information content (AvgIpc) is 3.02. The van der Waals surface area contributed by atoms with Gasteiger partial charge in [0.2, 0.25) is 0 Å². The number of aromatic hydroxyl groups is 1. The predicted octanol–water partition coefficient (Wildman–Crippen LogP) is 2.09. The van der Waals surface area contributed by atoms with Crippen molar-refractivity contribution in [2.45, 2.75) is 12.5 Å². The highest BCUT2D eigenvalue weighted by molar-refractivity contribution is 6.01. The Labute approximate surface area is 162 Å². The second-order valence-corrected chi connectivity index (χ2v) is 6.84. The van der Waals surface area contributed by atoms with Crippen LogP contribution in [0.1, 0.15) is 17.2 Å². The maximum absolute atomic E-state index is 13.0. The van der Waals surface area contributed by atoms with Crippen LogP contribution in [0.15, 0.2) is 59.8 Å². The zero-order valence-corrected chi connectivity index (χ0v) is 15.4. The fourth-order valence-corrected chi connectivity index (χ4v) is 3.58. The molecule has 3 N–H and O–H groups in total. The molecule has 3 amide bonds. The number of hydrogen-bond donors (Lipinski definition) is 3. The van der Waals surface area contributed by atoms with Gasteiger partial charge in [-0.3, -0.25) is 4.79 Å². The monoisotopic (exact) mass is 379 g/mol. The van der Waals surface area contributed by atoms with Gasteiger partial charge in [0.15, 0.2) is 0 Å². The first-order chi connectivity index (χ1) is 13.5. The molecule has 1 unspecified atom stereocenters. The maximum Gasteiger partial charge on any atom is 0.319 e. The lowest BCUT2D eigenvalue weighted by Crippen LogP contribution is -2.44. The number of benzene rings is 2. The Hall–Kier alpha value is -3.48. The molecular weight excluding hydrogens is 358 g/mol. The minimum atomic E-state index is -0.525. The number of nitrogens with zero attached hydrogens (tertiary/aromatic N) is 1. The normalized spacial score (nSPS) is 18.6. The molecule has 7 nitrogen and oxygen atoms in total. The van der Waals surface area contributed by atoms with E-state index in [1.54, 1.807) is 36.3 Å². The van der Waals surface area contributed by atoms with Crippen LogP contribution in [0, 0.1) is 0 Å². The average molecular weight is 379 g/mol. The van der Waals surface area contributed by atoms with Gasteiger partial charge in [-0.25, -0.2) is 4.79 Å². The van der Waals surface area contributed by atoms with Crippen LogP contribution in [0.2, 0.25) is 0 Å². The lowest BCUT2D eigenvalue weighted by molar-refractivity contribution is -0.125. The number of nitrogens with one attached hydrogen (secondary N) is 2. The summed E-state index contributed by atoms with van der Waals surface area (Å²) >= 11 is 0. The van der Waals surface area contributed by atoms with Crippen LogP contribution >= 0.6 is 0 Å². The van der Waals surface area contributed by atoms with Crippen LogP contribution in [0.3, 0.4) is 0 Å². The number of amides is 3. The molecule has 2 aliphatic rings. The summed E-state index contributed by atoms with van der Waals surface area (Å²) in [7, 11) is 1.63. The number of methoxy groups -OCH3 is 1. The Morgan fingerprint density at radius 3 is 2.50 bits per heavy atom. The van der Waals surface area contributed by atoms with E-state index in [0.29, 0.717) is 30.8 Å². The van der Waals surface area contributed by atoms with Crippen molar-refractivity contribution < 1.29 is 19.4 Å². The number of urea groups is 1. The van der Waals surface area contributed by atoms with E-state index in [1.807, 2.05) is 24.3 Å². The summed E-state index contributed by atoms with van der Waals surface area (Å²) in [6.45, 7) is 0.933. The standard InChI is InChI=1S/C21H21N3O4/c1-28-16-8-2-13(3-9-16)10-11-24-12-17-18(20(24)26)19(23-21(27)22-17)14-4-6-15(25)7-5-14/h2-9,19,25H,10-12H2,1H3,(H2,22,23,27). The quantitative estimate of drug-likeness (QED) is 0.742. The molecule has 0 bridgehead atoms. The fraction of sp³-hybridized carbons (Fsp3) is 0.238. The SMILES string of the molecule is COc1ccc(CCN2CC3=C(C2=O)C(c2ccc(O)cc2)NC(=O)N3)cc1. The Morgan fingerprint density at radius 2 is 1.82 bits per heavy atom. The third-order valence-electron chi connectivity index (χ3n) is 5.08. The molecule has 0 aliphatic carbocycles. The van der Waals surface area contributed by atoms with E-state index >= 15 is 0 Å². The van der Waals surface area contributed by atoms with Crippen molar-refractivity contribution in [3.05, 3.63) is 70.9 Å². The molecule has 0 radical (unpaired) electrons. The van der Waals surface area contributed by atoms with Crippen molar-refractivity contribution in [3.63, 3.8) is 0 Å². The van der Waals surface area contributed by atoms with Crippen LogP contribution in [-0.4, -0.2) is 42.1 Å². The first kappa shape index (κ1) is 17.9. The minimum Gasteiger partial charge on any atom is -0.508 e. The van der Waals surface area contributed by atoms with Crippen LogP contribution in [-0.2, 0) is 11.2 Å². The van der Waals surface area contributed by atoms with Crippen molar-refractivity contribution in [2.24, 2.45) is 0 Å². The maximum atomic E-state index is 13.0. The Morgan fingerprint density at radius 1 is 1.11 bits per heavy atom. The summed E-state index contributed by atoms with van der Waals surface area (Å²) in [5, 5.41) is 15.1. The van der Waals surface area contributed by atoms with Gasteiger partial charge in [-0.15, -0.1) is 0 Å². The van der Waals surface area contributed by atoms with Crippen LogP contribution in [0.5, 0.6) is 11.5 Å². The first-order valence-corrected chi connectivity index (χ1v) is 9.07. The zero-order valence-electron chi connectivity index (χ0n) is 15.4. The van der Waals surface area contributed by atoms with Crippen LogP contribution in [0.25, 0.3) is 0 Å². The van der Waals surface area contributed by atoms with Crippen LogP contribution in [0.4, 0.5) is 4.79 Å². The van der Waals surface area contributed by atoms with E-state index in [4.69, 9.17) is 4.74 Å². The predicted molar refractivity (Wildman–Crippen MR) is 103 cm³/mol. The highest BCUT2D eigenvalue weighted by Gasteiger charge is 2.40. The fourth-order valence-electron chi connectivity index (χ4n) is 3.58. The highest BCUT2D eigenvalue weighted by Crippen LogP contribution is 2.33. The van der Waals surface area contributed by atoms with Gasteiger partial charge in [-0.1, -0.05) is 24.3 Å². The van der Waals surface area contributed by atoms with E-state index in [2.05, 4.69) is 10.6 Å². The molecular formula is C21H21N3O4. The number of ether oxygens (including phenoxy) is 1. The molecule has 2 heterocycles. The van der Waals surface area contributed by atoms with Gasteiger partial charge in [0.25, 0.3) is 5.91 Å². The molecule has 0 saturated carbocycles. The summed E-state index contributed by atoms with van der Waals surface area (Å²) in [6, 6.07) is 13.4. The van der Waals surface area contributed by atoms with Gasteiger partial charge < -0.3 is 25.4 Å². The first-order valence-electron chi connectivity index (χ1n) is 9.07. The molecule has 144 valence electrons. The van der Waals surface area contributed by atoms with E-state index in [9.17, 15) is 14.7 Å². The summed E-state index contributed by atoms with van der Waals surface area (Å²) in [5.41, 5.74) is 3.06. The third-order valence-corrected chi connectivity index (χ3v) is 5.08. The highest BCUT2D eigenvalue weighted by atomic mass is 16.5. The van der Waals surface area contributed by atoms with Crippen molar-refractivity contribution in [1.82, 2.24) is 15.5 Å². The third kappa shape index (κ3) is 3.38. The van der Waals surface area contributed by atoms with Gasteiger partial charge in [-0.05, 0) is 41.8 Å². The Bertz CT molecular complexity index is 935. The molecule has 2 aromatic carbocycles. The molecule has 28 heavy (non-hydrogen) atoms. The second-order valence-electron chi connectivity index (χ2n) is 6.84. The Kier molecular flexibility index (Phi) is 4.65. The van der Waals surface area contributed by atoms with Crippen molar-refractivity contribution in [1.29, 1.82) is 0 Å². The molecule has 4 rings (SSSR count). The molecule has 0 aromatic heterocycles. The van der Waals surface area contributed by atoms with Gasteiger partial charge in [0.1, 0.15) is 11.5 Å². The van der Waals surface area contributed by atoms with Gasteiger partial charge in [0.05, 0.1) is 31.0 Å². The number of rotatable bonds is 5. The number of hydrogen-bond acceptors (Lipinski definition) is 4. The smallest absolute Gasteiger partial charge is 0.319 e. The van der Waals surface area contributed by atoms with E-state index in [1.165, 1.54) is 0 Å². The summed E-state index contributed by atoms with van der Waals surface area (Å²) in [4.78, 5) is 26.8. The van der Waals surface area contributed by atoms with E-state index in [0.717, 1.165) is 16.9 Å². The number of phenolic OH excluding ortho intramolecular Hbond substituents is 1. The lowest BCUT2D eigenvalue weighted by atomic mass is 9.96. The van der Waals surface area contributed by atoms with Crippen LogP contribution < -0.4 is 15.4 Å². The van der Waals surface area contributed by atoms with Gasteiger partial charge >= 0.3 is 6.03 Å². The topological polar surface area (TPSA) is 90.9 Å². The second kappa shape index (κ2) is 7.26. The molecule has 1 atom stereocenters. The van der Waals surface area contributed by atoms with Crippen molar-refractivity contribution in [3.8, 4) is 11.5 Å². The van der Waals surface area contributed by atoms with Gasteiger partial charge in [-0.2, -0.15) is 0 Å². The Balaban J connectivity index is 1.50. The lowest BCUT2D eigenvalue weighted by Gasteiger charge is -2.25. The van der Waals surface area contributed by atoms with E-state index < -0.39 is 6.04 Å². The van der Waals surface area contributed by atoms with Crippen molar-refractivity contribution in [2.75, 3.05) is 20.2 Å². The molecule has 0 fully saturated rings.